The second kappa shape index (κ2) is 8.77. The smallest absolute Gasteiger partial charge is 0.169 e. The van der Waals surface area contributed by atoms with E-state index in [1.54, 1.807) is 0 Å². The number of nitrogens with zero attached hydrogens (tertiary/aromatic N) is 1. The largest absolute Gasteiger partial charge is 0.301 e. The molecule has 0 aromatic rings. The summed E-state index contributed by atoms with van der Waals surface area (Å²) in [6.07, 6.45) is 8.34. The van der Waals surface area contributed by atoms with Gasteiger partial charge >= 0.3 is 0 Å². The van der Waals surface area contributed by atoms with E-state index in [-0.39, 0.29) is 30.1 Å². The molecule has 0 spiro atoms. The monoisotopic (exact) mass is 363 g/mol. The van der Waals surface area contributed by atoms with E-state index in [0.29, 0.717) is 0 Å². The normalized spacial score (nSPS) is 33.8. The number of nitrogens with one attached hydrogen (secondary N) is 2. The highest BCUT2D eigenvalue weighted by molar-refractivity contribution is 5.94. The van der Waals surface area contributed by atoms with E-state index in [9.17, 15) is 9.59 Å². The maximum absolute atomic E-state index is 13.1. The molecular weight excluding hydrogens is 326 g/mol. The van der Waals surface area contributed by atoms with Gasteiger partial charge in [0.2, 0.25) is 0 Å². The van der Waals surface area contributed by atoms with E-state index in [1.807, 2.05) is 20.8 Å². The second-order valence-electron chi connectivity index (χ2n) is 8.90. The van der Waals surface area contributed by atoms with Gasteiger partial charge in [-0.05, 0) is 40.0 Å². The van der Waals surface area contributed by atoms with Crippen LogP contribution in [0.4, 0.5) is 0 Å². The number of rotatable bonds is 4. The summed E-state index contributed by atoms with van der Waals surface area (Å²) in [6.45, 7) is 12.7. The van der Waals surface area contributed by atoms with Crippen LogP contribution in [0.3, 0.4) is 0 Å². The van der Waals surface area contributed by atoms with Crippen LogP contribution in [0.5, 0.6) is 0 Å². The molecule has 1 saturated heterocycles. The Balaban J connectivity index is 2.18. The van der Waals surface area contributed by atoms with Crippen LogP contribution in [0, 0.1) is 5.92 Å². The minimum Gasteiger partial charge on any atom is -0.301 e. The summed E-state index contributed by atoms with van der Waals surface area (Å²) in [6, 6.07) is 0.249. The molecule has 26 heavy (non-hydrogen) atoms. The molecule has 0 aromatic carbocycles. The maximum Gasteiger partial charge on any atom is 0.169 e. The fourth-order valence-electron chi connectivity index (χ4n) is 4.21. The molecule has 0 aliphatic carbocycles. The van der Waals surface area contributed by atoms with Gasteiger partial charge in [0, 0.05) is 31.6 Å². The van der Waals surface area contributed by atoms with Gasteiger partial charge in [-0.25, -0.2) is 0 Å². The summed E-state index contributed by atoms with van der Waals surface area (Å²) in [5.41, 5.74) is -1.11. The van der Waals surface area contributed by atoms with Crippen LogP contribution >= 0.6 is 0 Å². The highest BCUT2D eigenvalue weighted by Gasteiger charge is 2.49. The lowest BCUT2D eigenvalue weighted by molar-refractivity contribution is -0.133. The van der Waals surface area contributed by atoms with Crippen molar-refractivity contribution in [3.63, 3.8) is 0 Å². The molecule has 0 aromatic heterocycles. The predicted octanol–water partition coefficient (Wildman–Crippen LogP) is 2.31. The molecule has 5 heteroatoms. The first-order valence-corrected chi connectivity index (χ1v) is 10.2. The number of carbonyl (C=O) groups is 2. The average Bonchev–Trinajstić information content (AvgIpc) is 2.54. The Morgan fingerprint density at radius 1 is 1.19 bits per heavy atom. The van der Waals surface area contributed by atoms with Crippen LogP contribution in [-0.4, -0.2) is 59.8 Å². The van der Waals surface area contributed by atoms with Gasteiger partial charge in [-0.2, -0.15) is 0 Å². The summed E-state index contributed by atoms with van der Waals surface area (Å²) in [5.74, 6) is 0.337. The summed E-state index contributed by atoms with van der Waals surface area (Å²) < 4.78 is 0. The van der Waals surface area contributed by atoms with Gasteiger partial charge in [-0.1, -0.05) is 32.4 Å². The van der Waals surface area contributed by atoms with Crippen LogP contribution < -0.4 is 10.6 Å². The third kappa shape index (κ3) is 5.02. The Morgan fingerprint density at radius 3 is 2.50 bits per heavy atom. The predicted molar refractivity (Wildman–Crippen MR) is 106 cm³/mol. The van der Waals surface area contributed by atoms with E-state index in [0.717, 1.165) is 45.3 Å². The molecule has 3 heterocycles. The number of hydrogen-bond acceptors (Lipinski definition) is 5. The Kier molecular flexibility index (Phi) is 7.17. The summed E-state index contributed by atoms with van der Waals surface area (Å²) in [4.78, 5) is 28.2. The van der Waals surface area contributed by atoms with Crippen molar-refractivity contribution in [3.05, 3.63) is 12.2 Å². The van der Waals surface area contributed by atoms with Gasteiger partial charge in [0.15, 0.2) is 11.6 Å². The lowest BCUT2D eigenvalue weighted by atomic mass is 9.81. The molecule has 1 atom stereocenters. The second-order valence-corrected chi connectivity index (χ2v) is 8.90. The Bertz CT molecular complexity index is 535. The van der Waals surface area contributed by atoms with Gasteiger partial charge in [-0.15, -0.1) is 0 Å². The third-order valence-electron chi connectivity index (χ3n) is 5.62. The van der Waals surface area contributed by atoms with E-state index in [2.05, 4.69) is 41.5 Å². The van der Waals surface area contributed by atoms with Gasteiger partial charge < -0.3 is 5.32 Å². The topological polar surface area (TPSA) is 61.4 Å². The first kappa shape index (κ1) is 21.3. The van der Waals surface area contributed by atoms with Crippen molar-refractivity contribution in [2.75, 3.05) is 26.2 Å². The highest BCUT2D eigenvalue weighted by atomic mass is 16.1. The lowest BCUT2D eigenvalue weighted by Gasteiger charge is -2.50. The van der Waals surface area contributed by atoms with Crippen molar-refractivity contribution in [3.8, 4) is 0 Å². The molecule has 1 fully saturated rings. The van der Waals surface area contributed by atoms with Crippen molar-refractivity contribution >= 4 is 11.6 Å². The van der Waals surface area contributed by atoms with Crippen molar-refractivity contribution in [1.29, 1.82) is 0 Å². The molecule has 2 N–H and O–H groups in total. The molecule has 0 radical (unpaired) electrons. The Morgan fingerprint density at radius 2 is 1.88 bits per heavy atom. The van der Waals surface area contributed by atoms with Crippen molar-refractivity contribution < 1.29 is 9.59 Å². The third-order valence-corrected chi connectivity index (χ3v) is 5.62. The number of hydrogen-bond donors (Lipinski definition) is 2. The van der Waals surface area contributed by atoms with Crippen LogP contribution in [0.1, 0.15) is 60.3 Å². The Labute approximate surface area is 159 Å². The van der Waals surface area contributed by atoms with Crippen molar-refractivity contribution in [1.82, 2.24) is 15.5 Å². The van der Waals surface area contributed by atoms with E-state index >= 15 is 0 Å². The molecule has 5 nitrogen and oxygen atoms in total. The van der Waals surface area contributed by atoms with Gasteiger partial charge in [0.25, 0.3) is 0 Å². The zero-order valence-corrected chi connectivity index (χ0v) is 17.2. The number of ketones is 2. The Hall–Kier alpha value is -1.04. The fourth-order valence-corrected chi connectivity index (χ4v) is 4.21. The lowest BCUT2D eigenvalue weighted by Crippen LogP contribution is -2.75. The highest BCUT2D eigenvalue weighted by Crippen LogP contribution is 2.25. The molecule has 0 saturated carbocycles. The standard InChI is InChI=1S/C21H37N3O2/c1-16(2)19(26)20(5)11-9-7-6-8-10-12-24-14-21(15-24,23-17(3)4)18(25)13-22-20/h8,10,16-17,22-23H,6-7,9,11-15H2,1-5H3/t20-/m1/s1. The van der Waals surface area contributed by atoms with Gasteiger partial charge in [0.1, 0.15) is 5.54 Å². The van der Waals surface area contributed by atoms with Crippen LogP contribution in [-0.2, 0) is 9.59 Å². The summed E-state index contributed by atoms with van der Waals surface area (Å²) >= 11 is 0. The van der Waals surface area contributed by atoms with E-state index in [4.69, 9.17) is 0 Å². The number of fused-ring (bicyclic) bond motifs is 9. The zero-order chi connectivity index (χ0) is 19.4. The minimum atomic E-state index is -0.625. The summed E-state index contributed by atoms with van der Waals surface area (Å²) in [5, 5.41) is 6.85. The molecule has 148 valence electrons. The molecule has 0 unspecified atom stereocenters. The molecule has 3 aliphatic heterocycles. The summed E-state index contributed by atoms with van der Waals surface area (Å²) in [7, 11) is 0. The fraction of sp³-hybridized carbons (Fsp3) is 0.810. The van der Waals surface area contributed by atoms with E-state index < -0.39 is 11.1 Å². The quantitative estimate of drug-likeness (QED) is 0.751. The van der Waals surface area contributed by atoms with Crippen LogP contribution in [0.2, 0.25) is 0 Å². The van der Waals surface area contributed by atoms with Gasteiger partial charge in [-0.3, -0.25) is 19.8 Å². The van der Waals surface area contributed by atoms with E-state index in [1.165, 1.54) is 0 Å². The van der Waals surface area contributed by atoms with Gasteiger partial charge in [0.05, 0.1) is 12.1 Å². The SMILES string of the molecule is CC(C)NC12CN(CC=CCCCC[C@](C)(C(=O)C(C)C)NCC1=O)C2. The minimum absolute atomic E-state index is 0.0386. The number of allylic oxidation sites excluding steroid dienone is 1. The molecule has 3 rings (SSSR count). The average molecular weight is 364 g/mol. The number of carbonyl (C=O) groups excluding carboxylic acids is 2. The maximum atomic E-state index is 13.1. The zero-order valence-electron chi connectivity index (χ0n) is 17.2. The molecule has 3 aliphatic rings. The van der Waals surface area contributed by atoms with Crippen LogP contribution in [0.15, 0.2) is 12.2 Å². The first-order valence-electron chi connectivity index (χ1n) is 10.2. The molecule has 2 bridgehead atoms. The molecular formula is C21H37N3O2. The van der Waals surface area contributed by atoms with Crippen molar-refractivity contribution in [2.24, 2.45) is 5.92 Å². The van der Waals surface area contributed by atoms with Crippen molar-refractivity contribution in [2.45, 2.75) is 77.4 Å². The first-order chi connectivity index (χ1) is 12.2. The van der Waals surface area contributed by atoms with Crippen LogP contribution in [0.25, 0.3) is 0 Å². The molecule has 0 amide bonds. The number of Topliss-reactive ketones (excluding diaryl/α,β-unsaturated/α-hetero) is 2.